The highest BCUT2D eigenvalue weighted by molar-refractivity contribution is 7.92. The third-order valence-corrected chi connectivity index (χ3v) is 7.49. The third kappa shape index (κ3) is 9.32. The van der Waals surface area contributed by atoms with Gasteiger partial charge in [-0.2, -0.15) is 10.2 Å². The number of hydrogen-bond donors (Lipinski definition) is 2. The molecule has 0 aliphatic heterocycles. The first-order chi connectivity index (χ1) is 18.9. The summed E-state index contributed by atoms with van der Waals surface area (Å²) in [7, 11) is -7.36. The Bertz CT molecular complexity index is 1460. The van der Waals surface area contributed by atoms with E-state index in [0.29, 0.717) is 22.5 Å². The summed E-state index contributed by atoms with van der Waals surface area (Å²) in [6, 6.07) is 23.3. The molecular weight excluding hydrogens is 556 g/mol. The second-order valence-corrected chi connectivity index (χ2v) is 12.3. The number of anilines is 2. The smallest absolute Gasteiger partial charge is 0.260 e. The van der Waals surface area contributed by atoms with Crippen molar-refractivity contribution in [3.63, 3.8) is 0 Å². The van der Waals surface area contributed by atoms with E-state index in [-0.39, 0.29) is 0 Å². The van der Waals surface area contributed by atoms with Crippen molar-refractivity contribution in [1.82, 2.24) is 10.9 Å². The van der Waals surface area contributed by atoms with E-state index in [2.05, 4.69) is 21.1 Å². The molecule has 0 saturated heterocycles. The van der Waals surface area contributed by atoms with Crippen LogP contribution in [-0.2, 0) is 29.6 Å². The normalized spacial score (nSPS) is 11.8. The zero-order valence-corrected chi connectivity index (χ0v) is 23.3. The summed E-state index contributed by atoms with van der Waals surface area (Å²) < 4.78 is 50.4. The van der Waals surface area contributed by atoms with E-state index in [0.717, 1.165) is 21.1 Å². The van der Waals surface area contributed by atoms with Crippen molar-refractivity contribution >= 4 is 55.7 Å². The Morgan fingerprint density at radius 1 is 0.625 bits per heavy atom. The molecule has 0 saturated carbocycles. The molecule has 2 amide bonds. The zero-order valence-electron chi connectivity index (χ0n) is 21.7. The van der Waals surface area contributed by atoms with E-state index in [1.807, 2.05) is 0 Å². The maximum absolute atomic E-state index is 12.3. The lowest BCUT2D eigenvalue weighted by Crippen LogP contribution is -2.39. The fourth-order valence-electron chi connectivity index (χ4n) is 3.35. The molecule has 12 nitrogen and oxygen atoms in total. The number of carbonyl (C=O) groups excluding carboxylic acids is 2. The summed E-state index contributed by atoms with van der Waals surface area (Å²) in [6.45, 7) is -0.872. The lowest BCUT2D eigenvalue weighted by molar-refractivity contribution is -0.120. The Balaban J connectivity index is 1.52. The average Bonchev–Trinajstić information content (AvgIpc) is 2.91. The number of rotatable bonds is 12. The van der Waals surface area contributed by atoms with Crippen LogP contribution < -0.4 is 19.5 Å². The van der Waals surface area contributed by atoms with Gasteiger partial charge in [0.2, 0.25) is 20.0 Å². The number of nitrogens with zero attached hydrogens (tertiary/aromatic N) is 4. The molecule has 0 aliphatic rings. The van der Waals surface area contributed by atoms with E-state index in [4.69, 9.17) is 0 Å². The van der Waals surface area contributed by atoms with Gasteiger partial charge in [-0.05, 0) is 35.4 Å². The Labute approximate surface area is 233 Å². The minimum Gasteiger partial charge on any atom is -0.271 e. The summed E-state index contributed by atoms with van der Waals surface area (Å²) in [5, 5.41) is 7.73. The molecule has 40 heavy (non-hydrogen) atoms. The number of sulfonamides is 2. The summed E-state index contributed by atoms with van der Waals surface area (Å²) in [4.78, 5) is 24.5. The van der Waals surface area contributed by atoms with Gasteiger partial charge in [-0.1, -0.05) is 60.7 Å². The molecule has 0 aromatic heterocycles. The predicted molar refractivity (Wildman–Crippen MR) is 155 cm³/mol. The molecule has 0 heterocycles. The number of amides is 2. The van der Waals surface area contributed by atoms with Crippen molar-refractivity contribution in [2.75, 3.05) is 34.2 Å². The minimum atomic E-state index is -3.68. The van der Waals surface area contributed by atoms with Crippen molar-refractivity contribution < 1.29 is 26.4 Å². The maximum atomic E-state index is 12.3. The summed E-state index contributed by atoms with van der Waals surface area (Å²) in [6.07, 6.45) is 4.80. The van der Waals surface area contributed by atoms with Crippen LogP contribution in [0.25, 0.3) is 0 Å². The highest BCUT2D eigenvalue weighted by atomic mass is 32.2. The second-order valence-electron chi connectivity index (χ2n) is 8.46. The minimum absolute atomic E-state index is 0.362. The van der Waals surface area contributed by atoms with Gasteiger partial charge in [-0.3, -0.25) is 18.2 Å². The Hall–Kier alpha value is -4.56. The molecular formula is C26H28N6O6S2. The number of para-hydroxylation sites is 2. The first kappa shape index (κ1) is 30.0. The molecule has 0 atom stereocenters. The summed E-state index contributed by atoms with van der Waals surface area (Å²) >= 11 is 0. The van der Waals surface area contributed by atoms with Crippen LogP contribution in [0, 0.1) is 0 Å². The van der Waals surface area contributed by atoms with Gasteiger partial charge < -0.3 is 0 Å². The molecule has 0 aliphatic carbocycles. The van der Waals surface area contributed by atoms with Gasteiger partial charge in [0.25, 0.3) is 11.8 Å². The topological polar surface area (TPSA) is 158 Å². The van der Waals surface area contributed by atoms with E-state index in [1.165, 1.54) is 12.4 Å². The van der Waals surface area contributed by atoms with Gasteiger partial charge in [0.05, 0.1) is 36.3 Å². The third-order valence-electron chi connectivity index (χ3n) is 5.21. The van der Waals surface area contributed by atoms with Crippen LogP contribution in [0.1, 0.15) is 11.1 Å². The largest absolute Gasteiger partial charge is 0.271 e. The van der Waals surface area contributed by atoms with Crippen LogP contribution in [0.4, 0.5) is 11.4 Å². The first-order valence-corrected chi connectivity index (χ1v) is 15.4. The van der Waals surface area contributed by atoms with Crippen molar-refractivity contribution in [2.45, 2.75) is 0 Å². The molecule has 2 N–H and O–H groups in total. The number of benzene rings is 3. The molecule has 0 fully saturated rings. The molecule has 0 bridgehead atoms. The van der Waals surface area contributed by atoms with Crippen LogP contribution in [0.3, 0.4) is 0 Å². The zero-order chi connectivity index (χ0) is 29.2. The average molecular weight is 585 g/mol. The number of carbonyl (C=O) groups is 2. The van der Waals surface area contributed by atoms with Crippen molar-refractivity contribution in [1.29, 1.82) is 0 Å². The van der Waals surface area contributed by atoms with Gasteiger partial charge in [-0.15, -0.1) is 0 Å². The van der Waals surface area contributed by atoms with E-state index >= 15 is 0 Å². The van der Waals surface area contributed by atoms with Crippen LogP contribution >= 0.6 is 0 Å². The maximum Gasteiger partial charge on any atom is 0.260 e. The number of nitrogens with one attached hydrogen (secondary N) is 2. The predicted octanol–water partition coefficient (Wildman–Crippen LogP) is 1.52. The molecule has 0 radical (unpaired) electrons. The summed E-state index contributed by atoms with van der Waals surface area (Å²) in [5.74, 6) is -1.24. The first-order valence-electron chi connectivity index (χ1n) is 11.7. The SMILES string of the molecule is CS(=O)(=O)N(CC(=O)N/N=C/c1ccc(/C=N/NC(=O)CN(c2ccccc2)S(C)(=O)=O)cc1)c1ccccc1. The molecule has 14 heteroatoms. The Morgan fingerprint density at radius 2 is 0.950 bits per heavy atom. The molecule has 3 rings (SSSR count). The Morgan fingerprint density at radius 3 is 1.25 bits per heavy atom. The Kier molecular flexibility index (Phi) is 10.1. The van der Waals surface area contributed by atoms with Crippen molar-refractivity contribution in [2.24, 2.45) is 10.2 Å². The standard InChI is InChI=1S/C26H28N6O6S2/c1-39(35,36)31(23-9-5-3-6-10-23)19-25(33)29-27-17-21-13-15-22(16-14-21)18-28-30-26(34)20-32(40(2,37)38)24-11-7-4-8-12-24/h3-18H,19-20H2,1-2H3,(H,29,33)(H,30,34)/b27-17+,28-18+. The van der Waals surface area contributed by atoms with E-state index < -0.39 is 45.0 Å². The van der Waals surface area contributed by atoms with Gasteiger partial charge in [-0.25, -0.2) is 27.7 Å². The number of hydrazone groups is 2. The van der Waals surface area contributed by atoms with Gasteiger partial charge in [0, 0.05) is 0 Å². The molecule has 3 aromatic rings. The lowest BCUT2D eigenvalue weighted by atomic mass is 10.2. The molecule has 3 aromatic carbocycles. The fourth-order valence-corrected chi connectivity index (χ4v) is 5.06. The molecule has 0 spiro atoms. The van der Waals surface area contributed by atoms with Crippen LogP contribution in [0.5, 0.6) is 0 Å². The summed E-state index contributed by atoms with van der Waals surface area (Å²) in [5.41, 5.74) is 6.61. The van der Waals surface area contributed by atoms with Crippen molar-refractivity contribution in [3.8, 4) is 0 Å². The van der Waals surface area contributed by atoms with Crippen LogP contribution in [0.2, 0.25) is 0 Å². The van der Waals surface area contributed by atoms with Gasteiger partial charge in [0.1, 0.15) is 13.1 Å². The van der Waals surface area contributed by atoms with Crippen LogP contribution in [0.15, 0.2) is 95.1 Å². The van der Waals surface area contributed by atoms with Gasteiger partial charge >= 0.3 is 0 Å². The van der Waals surface area contributed by atoms with Crippen LogP contribution in [-0.4, -0.2) is 66.7 Å². The highest BCUT2D eigenvalue weighted by Gasteiger charge is 2.21. The quantitative estimate of drug-likeness (QED) is 0.243. The number of hydrogen-bond acceptors (Lipinski definition) is 8. The van der Waals surface area contributed by atoms with E-state index in [9.17, 15) is 26.4 Å². The monoisotopic (exact) mass is 584 g/mol. The molecule has 210 valence electrons. The highest BCUT2D eigenvalue weighted by Crippen LogP contribution is 2.17. The molecule has 0 unspecified atom stereocenters. The van der Waals surface area contributed by atoms with E-state index in [1.54, 1.807) is 84.9 Å². The second kappa shape index (κ2) is 13.5. The van der Waals surface area contributed by atoms with Crippen molar-refractivity contribution in [3.05, 3.63) is 96.1 Å². The van der Waals surface area contributed by atoms with Gasteiger partial charge in [0.15, 0.2) is 0 Å². The fraction of sp³-hybridized carbons (Fsp3) is 0.154. The lowest BCUT2D eigenvalue weighted by Gasteiger charge is -2.21.